The molecule has 0 fully saturated rings. The lowest BCUT2D eigenvalue weighted by atomic mass is 9.79. The van der Waals surface area contributed by atoms with Gasteiger partial charge in [-0.2, -0.15) is 0 Å². The Morgan fingerprint density at radius 1 is 1.12 bits per heavy atom. The molecule has 4 rings (SSSR count). The highest BCUT2D eigenvalue weighted by atomic mass is 16.5. The van der Waals surface area contributed by atoms with Gasteiger partial charge in [0.15, 0.2) is 6.10 Å². The maximum absolute atomic E-state index is 12.7. The summed E-state index contributed by atoms with van der Waals surface area (Å²) in [5.41, 5.74) is 3.20. The Labute approximate surface area is 147 Å². The van der Waals surface area contributed by atoms with E-state index in [9.17, 15) is 9.90 Å². The first kappa shape index (κ1) is 16.3. The smallest absolute Gasteiger partial charge is 0.253 e. The highest BCUT2D eigenvalue weighted by Gasteiger charge is 2.36. The lowest BCUT2D eigenvalue weighted by Crippen LogP contribution is -2.45. The Morgan fingerprint density at radius 3 is 2.76 bits per heavy atom. The van der Waals surface area contributed by atoms with E-state index in [1.54, 1.807) is 0 Å². The number of rotatable bonds is 3. The van der Waals surface area contributed by atoms with Crippen LogP contribution in [0.25, 0.3) is 0 Å². The monoisotopic (exact) mass is 337 g/mol. The standard InChI is InChI=1S/C21H23NO3/c23-20(19-17-9-3-1-6-15(17)11-13-25-19)22-14-21(24)12-5-8-16-7-2-4-10-18(16)21/h1-4,6-7,9-10,19,24H,5,8,11-14H2,(H,22,23). The highest BCUT2D eigenvalue weighted by molar-refractivity contribution is 5.83. The van der Waals surface area contributed by atoms with Crippen molar-refractivity contribution in [1.82, 2.24) is 5.32 Å². The number of benzene rings is 2. The first-order valence-electron chi connectivity index (χ1n) is 8.95. The molecule has 0 bridgehead atoms. The van der Waals surface area contributed by atoms with Gasteiger partial charge in [-0.3, -0.25) is 4.79 Å². The largest absolute Gasteiger partial charge is 0.383 e. The molecular weight excluding hydrogens is 314 g/mol. The fraction of sp³-hybridized carbons (Fsp3) is 0.381. The molecule has 2 unspecified atom stereocenters. The topological polar surface area (TPSA) is 58.6 Å². The summed E-state index contributed by atoms with van der Waals surface area (Å²) in [6, 6.07) is 15.9. The van der Waals surface area contributed by atoms with Gasteiger partial charge in [0.25, 0.3) is 5.91 Å². The maximum Gasteiger partial charge on any atom is 0.253 e. The lowest BCUT2D eigenvalue weighted by molar-refractivity contribution is -0.135. The van der Waals surface area contributed by atoms with Gasteiger partial charge in [0.2, 0.25) is 0 Å². The zero-order valence-electron chi connectivity index (χ0n) is 14.2. The van der Waals surface area contributed by atoms with E-state index in [-0.39, 0.29) is 12.5 Å². The third-order valence-corrected chi connectivity index (χ3v) is 5.34. The molecule has 2 aromatic rings. The molecule has 1 amide bonds. The van der Waals surface area contributed by atoms with E-state index in [4.69, 9.17) is 4.74 Å². The van der Waals surface area contributed by atoms with Crippen LogP contribution in [0.1, 0.15) is 41.2 Å². The number of amides is 1. The number of aliphatic hydroxyl groups is 1. The lowest BCUT2D eigenvalue weighted by Gasteiger charge is -2.35. The summed E-state index contributed by atoms with van der Waals surface area (Å²) in [7, 11) is 0. The first-order chi connectivity index (χ1) is 12.2. The molecule has 0 spiro atoms. The maximum atomic E-state index is 12.7. The van der Waals surface area contributed by atoms with E-state index in [1.165, 1.54) is 5.56 Å². The van der Waals surface area contributed by atoms with Gasteiger partial charge >= 0.3 is 0 Å². The zero-order valence-corrected chi connectivity index (χ0v) is 14.2. The molecule has 2 atom stereocenters. The molecule has 0 aromatic heterocycles. The Balaban J connectivity index is 1.50. The van der Waals surface area contributed by atoms with Gasteiger partial charge in [-0.05, 0) is 47.9 Å². The highest BCUT2D eigenvalue weighted by Crippen LogP contribution is 2.35. The van der Waals surface area contributed by atoms with Crippen LogP contribution in [-0.4, -0.2) is 24.2 Å². The summed E-state index contributed by atoms with van der Waals surface area (Å²) < 4.78 is 5.71. The summed E-state index contributed by atoms with van der Waals surface area (Å²) in [5, 5.41) is 14.0. The molecule has 1 aliphatic carbocycles. The minimum absolute atomic E-state index is 0.177. The van der Waals surface area contributed by atoms with E-state index in [0.29, 0.717) is 13.0 Å². The van der Waals surface area contributed by atoms with Crippen molar-refractivity contribution in [3.8, 4) is 0 Å². The van der Waals surface area contributed by atoms with Crippen LogP contribution in [0.4, 0.5) is 0 Å². The molecular formula is C21H23NO3. The minimum Gasteiger partial charge on any atom is -0.383 e. The number of nitrogens with one attached hydrogen (secondary N) is 1. The van der Waals surface area contributed by atoms with Crippen LogP contribution in [0.3, 0.4) is 0 Å². The molecule has 4 nitrogen and oxygen atoms in total. The number of ether oxygens (including phenoxy) is 1. The summed E-state index contributed by atoms with van der Waals surface area (Å²) in [6.07, 6.45) is 2.80. The van der Waals surface area contributed by atoms with E-state index in [0.717, 1.165) is 36.0 Å². The van der Waals surface area contributed by atoms with Crippen LogP contribution < -0.4 is 5.32 Å². The Hall–Kier alpha value is -2.17. The van der Waals surface area contributed by atoms with E-state index < -0.39 is 11.7 Å². The molecule has 130 valence electrons. The Morgan fingerprint density at radius 2 is 1.88 bits per heavy atom. The molecule has 4 heteroatoms. The summed E-state index contributed by atoms with van der Waals surface area (Å²) in [4.78, 5) is 12.7. The van der Waals surface area contributed by atoms with Gasteiger partial charge < -0.3 is 15.2 Å². The number of carbonyl (C=O) groups is 1. The minimum atomic E-state index is -1.00. The SMILES string of the molecule is O=C(NCC1(O)CCCc2ccccc21)C1OCCc2ccccc21. The zero-order chi connectivity index (χ0) is 17.3. The average Bonchev–Trinajstić information content (AvgIpc) is 2.66. The summed E-state index contributed by atoms with van der Waals surface area (Å²) in [5.74, 6) is -0.177. The molecule has 0 radical (unpaired) electrons. The van der Waals surface area contributed by atoms with Gasteiger partial charge in [0, 0.05) is 0 Å². The molecule has 2 aliphatic rings. The van der Waals surface area contributed by atoms with Crippen LogP contribution >= 0.6 is 0 Å². The summed E-state index contributed by atoms with van der Waals surface area (Å²) >= 11 is 0. The van der Waals surface area contributed by atoms with Crippen molar-refractivity contribution in [2.75, 3.05) is 13.2 Å². The second kappa shape index (κ2) is 6.62. The molecule has 1 aliphatic heterocycles. The van der Waals surface area contributed by atoms with Crippen molar-refractivity contribution in [2.24, 2.45) is 0 Å². The van der Waals surface area contributed by atoms with Crippen LogP contribution in [0.2, 0.25) is 0 Å². The fourth-order valence-corrected chi connectivity index (χ4v) is 4.02. The summed E-state index contributed by atoms with van der Waals surface area (Å²) in [6.45, 7) is 0.757. The van der Waals surface area contributed by atoms with Crippen LogP contribution in [0.5, 0.6) is 0 Å². The van der Waals surface area contributed by atoms with Crippen LogP contribution in [0.15, 0.2) is 48.5 Å². The quantitative estimate of drug-likeness (QED) is 0.905. The van der Waals surface area contributed by atoms with Crippen molar-refractivity contribution >= 4 is 5.91 Å². The average molecular weight is 337 g/mol. The van der Waals surface area contributed by atoms with E-state index in [2.05, 4.69) is 11.4 Å². The predicted octanol–water partition coefficient (Wildman–Crippen LogP) is 2.64. The first-order valence-corrected chi connectivity index (χ1v) is 8.95. The molecule has 25 heavy (non-hydrogen) atoms. The van der Waals surface area contributed by atoms with Crippen LogP contribution in [0, 0.1) is 0 Å². The molecule has 0 saturated carbocycles. The predicted molar refractivity (Wildman–Crippen MR) is 95.1 cm³/mol. The third kappa shape index (κ3) is 3.08. The van der Waals surface area contributed by atoms with Gasteiger partial charge in [-0.1, -0.05) is 48.5 Å². The van der Waals surface area contributed by atoms with Gasteiger partial charge in [-0.25, -0.2) is 0 Å². The fourth-order valence-electron chi connectivity index (χ4n) is 4.02. The van der Waals surface area contributed by atoms with Gasteiger partial charge in [0.05, 0.1) is 13.2 Å². The number of hydrogen-bond donors (Lipinski definition) is 2. The van der Waals surface area contributed by atoms with E-state index in [1.807, 2.05) is 42.5 Å². The van der Waals surface area contributed by atoms with Gasteiger partial charge in [-0.15, -0.1) is 0 Å². The Kier molecular flexibility index (Phi) is 4.32. The molecule has 1 heterocycles. The number of aryl methyl sites for hydroxylation is 1. The number of fused-ring (bicyclic) bond motifs is 2. The molecule has 0 saturated heterocycles. The van der Waals surface area contributed by atoms with Crippen LogP contribution in [-0.2, 0) is 28.0 Å². The van der Waals surface area contributed by atoms with Crippen molar-refractivity contribution < 1.29 is 14.6 Å². The molecule has 2 aromatic carbocycles. The van der Waals surface area contributed by atoms with Crippen molar-refractivity contribution in [3.63, 3.8) is 0 Å². The van der Waals surface area contributed by atoms with Crippen molar-refractivity contribution in [2.45, 2.75) is 37.4 Å². The second-order valence-corrected chi connectivity index (χ2v) is 6.96. The third-order valence-electron chi connectivity index (χ3n) is 5.34. The Bertz CT molecular complexity index is 788. The number of hydrogen-bond acceptors (Lipinski definition) is 3. The van der Waals surface area contributed by atoms with Crippen molar-refractivity contribution in [3.05, 3.63) is 70.8 Å². The normalized spacial score (nSPS) is 24.9. The molecule has 2 N–H and O–H groups in total. The van der Waals surface area contributed by atoms with Gasteiger partial charge in [0.1, 0.15) is 5.60 Å². The number of carbonyl (C=O) groups excluding carboxylic acids is 1. The second-order valence-electron chi connectivity index (χ2n) is 6.96. The van der Waals surface area contributed by atoms with Crippen molar-refractivity contribution in [1.29, 1.82) is 0 Å². The van der Waals surface area contributed by atoms with E-state index >= 15 is 0 Å².